The number of nitrogens with one attached hydrogen (secondary N) is 1. The number of amides is 1. The molecule has 0 heterocycles. The smallest absolute Gasteiger partial charge is 0.287 e. The number of hydrogen-bond donors (Lipinski definition) is 3. The van der Waals surface area contributed by atoms with Crippen LogP contribution in [-0.4, -0.2) is 41.8 Å². The third-order valence-corrected chi connectivity index (χ3v) is 1.34. The van der Waals surface area contributed by atoms with E-state index in [1.54, 1.807) is 0 Å². The molecule has 0 spiro atoms. The molecule has 0 saturated carbocycles. The predicted octanol–water partition coefficient (Wildman–Crippen LogP) is -0.497. The maximum absolute atomic E-state index is 12.3. The largest absolute Gasteiger partial charge is 0.396 e. The van der Waals surface area contributed by atoms with Crippen molar-refractivity contribution in [1.82, 2.24) is 5.32 Å². The van der Waals surface area contributed by atoms with Gasteiger partial charge in [0, 0.05) is 13.0 Å². The van der Waals surface area contributed by atoms with Gasteiger partial charge >= 0.3 is 0 Å². The van der Waals surface area contributed by atoms with Crippen LogP contribution in [0.25, 0.3) is 0 Å². The molecule has 0 fully saturated rings. The lowest BCUT2D eigenvalue weighted by Gasteiger charge is -2.13. The minimum absolute atomic E-state index is 0.0119. The van der Waals surface area contributed by atoms with Gasteiger partial charge in [0.2, 0.25) is 5.91 Å². The summed E-state index contributed by atoms with van der Waals surface area (Å²) in [6, 6.07) is 0. The third kappa shape index (κ3) is 6.41. The number of alkyl halides is 2. The highest BCUT2D eigenvalue weighted by atomic mass is 19.3. The predicted molar refractivity (Wildman–Crippen MR) is 41.4 cm³/mol. The highest BCUT2D eigenvalue weighted by molar-refractivity contribution is 5.75. The highest BCUT2D eigenvalue weighted by Gasteiger charge is 2.27. The van der Waals surface area contributed by atoms with E-state index in [4.69, 9.17) is 10.2 Å². The van der Waals surface area contributed by atoms with E-state index in [1.165, 1.54) is 0 Å². The molecule has 4 nitrogen and oxygen atoms in total. The van der Waals surface area contributed by atoms with Crippen LogP contribution >= 0.6 is 0 Å². The summed E-state index contributed by atoms with van der Waals surface area (Å²) in [4.78, 5) is 10.7. The zero-order valence-electron chi connectivity index (χ0n) is 7.09. The first-order valence-corrected chi connectivity index (χ1v) is 3.88. The minimum Gasteiger partial charge on any atom is -0.396 e. The van der Waals surface area contributed by atoms with E-state index in [0.717, 1.165) is 0 Å². The molecule has 0 aromatic heterocycles. The maximum Gasteiger partial charge on any atom is 0.287 e. The van der Waals surface area contributed by atoms with Gasteiger partial charge in [0.05, 0.1) is 6.54 Å². The van der Waals surface area contributed by atoms with Gasteiger partial charge in [-0.05, 0) is 6.42 Å². The molecule has 0 bridgehead atoms. The van der Waals surface area contributed by atoms with Crippen molar-refractivity contribution in [2.24, 2.45) is 0 Å². The Morgan fingerprint density at radius 3 is 2.46 bits per heavy atom. The Morgan fingerprint density at radius 2 is 2.00 bits per heavy atom. The van der Waals surface area contributed by atoms with Crippen molar-refractivity contribution in [3.8, 4) is 0 Å². The summed E-state index contributed by atoms with van der Waals surface area (Å²) < 4.78 is 24.6. The second-order valence-electron chi connectivity index (χ2n) is 2.62. The molecular weight excluding hydrogens is 184 g/mol. The van der Waals surface area contributed by atoms with Gasteiger partial charge in [-0.3, -0.25) is 4.79 Å². The zero-order valence-corrected chi connectivity index (χ0v) is 7.09. The lowest BCUT2D eigenvalue weighted by atomic mass is 10.3. The summed E-state index contributed by atoms with van der Waals surface area (Å²) in [5.74, 6) is -3.82. The summed E-state index contributed by atoms with van der Waals surface area (Å²) in [6.45, 7) is -2.30. The summed E-state index contributed by atoms with van der Waals surface area (Å²) in [6.07, 6.45) is 0.258. The monoisotopic (exact) mass is 197 g/mol. The normalized spacial score (nSPS) is 11.4. The molecule has 0 aliphatic rings. The number of aliphatic hydroxyl groups excluding tert-OH is 2. The lowest BCUT2D eigenvalue weighted by molar-refractivity contribution is -0.124. The molecule has 0 unspecified atom stereocenters. The van der Waals surface area contributed by atoms with Crippen LogP contribution in [0.1, 0.15) is 12.8 Å². The SMILES string of the molecule is O=C(CCCO)NCC(F)(F)CO. The molecule has 13 heavy (non-hydrogen) atoms. The molecule has 0 aromatic carbocycles. The molecule has 0 rings (SSSR count). The van der Waals surface area contributed by atoms with Crippen LogP contribution in [0.5, 0.6) is 0 Å². The van der Waals surface area contributed by atoms with Crippen molar-refractivity contribution in [3.05, 3.63) is 0 Å². The Balaban J connectivity index is 3.57. The Morgan fingerprint density at radius 1 is 1.38 bits per heavy atom. The average Bonchev–Trinajstić information content (AvgIpc) is 2.11. The van der Waals surface area contributed by atoms with Crippen LogP contribution in [0.2, 0.25) is 0 Å². The number of hydrogen-bond acceptors (Lipinski definition) is 3. The van der Waals surface area contributed by atoms with E-state index >= 15 is 0 Å². The van der Waals surface area contributed by atoms with E-state index in [-0.39, 0.29) is 19.4 Å². The first-order valence-electron chi connectivity index (χ1n) is 3.88. The van der Waals surface area contributed by atoms with E-state index in [9.17, 15) is 13.6 Å². The number of halogens is 2. The van der Waals surface area contributed by atoms with Crippen molar-refractivity contribution in [2.45, 2.75) is 18.8 Å². The van der Waals surface area contributed by atoms with Gasteiger partial charge in [0.1, 0.15) is 6.61 Å². The molecule has 0 saturated heterocycles. The number of aliphatic hydroxyl groups is 2. The molecule has 3 N–H and O–H groups in total. The number of carbonyl (C=O) groups excluding carboxylic acids is 1. The second kappa shape index (κ2) is 5.82. The van der Waals surface area contributed by atoms with Crippen molar-refractivity contribution >= 4 is 5.91 Å². The van der Waals surface area contributed by atoms with Crippen molar-refractivity contribution in [2.75, 3.05) is 19.8 Å². The molecule has 0 aliphatic heterocycles. The van der Waals surface area contributed by atoms with Gasteiger partial charge in [0.15, 0.2) is 0 Å². The van der Waals surface area contributed by atoms with Gasteiger partial charge in [-0.25, -0.2) is 8.78 Å². The summed E-state index contributed by atoms with van der Waals surface area (Å²) in [7, 11) is 0. The Kier molecular flexibility index (Phi) is 5.48. The zero-order chi connectivity index (χ0) is 10.3. The summed E-state index contributed by atoms with van der Waals surface area (Å²) in [5, 5.41) is 18.4. The van der Waals surface area contributed by atoms with Crippen LogP contribution in [0.15, 0.2) is 0 Å². The average molecular weight is 197 g/mol. The Bertz CT molecular complexity index is 164. The minimum atomic E-state index is -3.27. The fourth-order valence-corrected chi connectivity index (χ4v) is 0.612. The van der Waals surface area contributed by atoms with E-state index in [2.05, 4.69) is 0 Å². The van der Waals surface area contributed by atoms with Crippen LogP contribution in [0.3, 0.4) is 0 Å². The molecule has 0 aromatic rings. The maximum atomic E-state index is 12.3. The van der Waals surface area contributed by atoms with E-state index in [0.29, 0.717) is 0 Å². The molecular formula is C7H13F2NO3. The van der Waals surface area contributed by atoms with Crippen molar-refractivity contribution in [3.63, 3.8) is 0 Å². The van der Waals surface area contributed by atoms with Crippen LogP contribution in [0.4, 0.5) is 8.78 Å². The standard InChI is InChI=1S/C7H13F2NO3/c8-7(9,5-12)4-10-6(13)2-1-3-11/h11-12H,1-5H2,(H,10,13). The van der Waals surface area contributed by atoms with Crippen molar-refractivity contribution in [1.29, 1.82) is 0 Å². The topological polar surface area (TPSA) is 69.6 Å². The van der Waals surface area contributed by atoms with E-state index < -0.39 is 25.0 Å². The second-order valence-corrected chi connectivity index (χ2v) is 2.62. The van der Waals surface area contributed by atoms with Gasteiger partial charge in [-0.2, -0.15) is 0 Å². The van der Waals surface area contributed by atoms with Crippen molar-refractivity contribution < 1.29 is 23.8 Å². The highest BCUT2D eigenvalue weighted by Crippen LogP contribution is 2.09. The third-order valence-electron chi connectivity index (χ3n) is 1.34. The number of rotatable bonds is 6. The summed E-state index contributed by atoms with van der Waals surface area (Å²) in [5.41, 5.74) is 0. The van der Waals surface area contributed by atoms with Gasteiger partial charge in [-0.1, -0.05) is 0 Å². The first kappa shape index (κ1) is 12.2. The van der Waals surface area contributed by atoms with Crippen LogP contribution in [0, 0.1) is 0 Å². The fourth-order valence-electron chi connectivity index (χ4n) is 0.612. The van der Waals surface area contributed by atoms with Crippen LogP contribution < -0.4 is 5.32 Å². The molecule has 6 heteroatoms. The molecule has 1 amide bonds. The molecule has 0 atom stereocenters. The lowest BCUT2D eigenvalue weighted by Crippen LogP contribution is -2.38. The Hall–Kier alpha value is -0.750. The fraction of sp³-hybridized carbons (Fsp3) is 0.857. The quantitative estimate of drug-likeness (QED) is 0.537. The molecule has 78 valence electrons. The van der Waals surface area contributed by atoms with Crippen LogP contribution in [-0.2, 0) is 4.79 Å². The van der Waals surface area contributed by atoms with Gasteiger partial charge < -0.3 is 15.5 Å². The van der Waals surface area contributed by atoms with E-state index in [1.807, 2.05) is 5.32 Å². The van der Waals surface area contributed by atoms with Gasteiger partial charge in [0.25, 0.3) is 5.92 Å². The number of carbonyl (C=O) groups is 1. The van der Waals surface area contributed by atoms with Gasteiger partial charge in [-0.15, -0.1) is 0 Å². The molecule has 0 radical (unpaired) electrons. The molecule has 0 aliphatic carbocycles. The first-order chi connectivity index (χ1) is 6.02. The summed E-state index contributed by atoms with van der Waals surface area (Å²) >= 11 is 0. The Labute approximate surface area is 74.6 Å².